The van der Waals surface area contributed by atoms with Gasteiger partial charge < -0.3 is 10.4 Å². The molecule has 0 aliphatic rings. The summed E-state index contributed by atoms with van der Waals surface area (Å²) >= 11 is 0. The molecular weight excluding hydrogens is 314 g/mol. The zero-order valence-electron chi connectivity index (χ0n) is 13.7. The molecule has 3 rings (SSSR count). The molecule has 0 spiro atoms. The van der Waals surface area contributed by atoms with Crippen molar-refractivity contribution in [2.45, 2.75) is 19.5 Å². The number of nitrogens with one attached hydrogen (secondary N) is 1. The third-order valence-electron chi connectivity index (χ3n) is 3.85. The Morgan fingerprint density at radius 1 is 0.880 bits per heavy atom. The lowest BCUT2D eigenvalue weighted by atomic mass is 10.1. The highest BCUT2D eigenvalue weighted by Gasteiger charge is 2.02. The van der Waals surface area contributed by atoms with Gasteiger partial charge in [0.1, 0.15) is 6.33 Å². The molecule has 2 N–H and O–H groups in total. The molecule has 0 radical (unpaired) electrons. The molecule has 0 unspecified atom stereocenters. The fraction of sp³-hybridized carbons (Fsp3) is 0.150. The standard InChI is InChI=1S/C20H19N3O2/c24-20(25)9-16-2-1-3-17(8-16)11-21-10-15-4-6-18(7-5-15)19-12-22-14-23-13-19/h1-8,12-14,21H,9-11H2,(H,24,25). The summed E-state index contributed by atoms with van der Waals surface area (Å²) in [4.78, 5) is 18.8. The summed E-state index contributed by atoms with van der Waals surface area (Å²) in [5.74, 6) is -0.811. The summed E-state index contributed by atoms with van der Waals surface area (Å²) in [5, 5.41) is 12.2. The Morgan fingerprint density at radius 2 is 1.56 bits per heavy atom. The number of carboxylic acids is 1. The van der Waals surface area contributed by atoms with Crippen molar-refractivity contribution in [1.29, 1.82) is 0 Å². The fourth-order valence-corrected chi connectivity index (χ4v) is 2.64. The lowest BCUT2D eigenvalue weighted by Gasteiger charge is -2.08. The van der Waals surface area contributed by atoms with Gasteiger partial charge in [0.15, 0.2) is 0 Å². The zero-order valence-corrected chi connectivity index (χ0v) is 13.7. The van der Waals surface area contributed by atoms with E-state index in [2.05, 4.69) is 39.6 Å². The molecule has 3 aromatic rings. The number of carboxylic acid groups (broad SMARTS) is 1. The maximum Gasteiger partial charge on any atom is 0.307 e. The van der Waals surface area contributed by atoms with Crippen LogP contribution in [-0.2, 0) is 24.3 Å². The summed E-state index contributed by atoms with van der Waals surface area (Å²) in [7, 11) is 0. The average molecular weight is 333 g/mol. The smallest absolute Gasteiger partial charge is 0.307 e. The fourth-order valence-electron chi connectivity index (χ4n) is 2.64. The molecule has 0 fully saturated rings. The highest BCUT2D eigenvalue weighted by atomic mass is 16.4. The molecule has 25 heavy (non-hydrogen) atoms. The van der Waals surface area contributed by atoms with Crippen LogP contribution in [0.4, 0.5) is 0 Å². The Labute approximate surface area is 146 Å². The van der Waals surface area contributed by atoms with Crippen molar-refractivity contribution in [3.8, 4) is 11.1 Å². The van der Waals surface area contributed by atoms with Crippen molar-refractivity contribution in [2.24, 2.45) is 0 Å². The minimum atomic E-state index is -0.811. The van der Waals surface area contributed by atoms with Crippen molar-refractivity contribution >= 4 is 5.97 Å². The maximum atomic E-state index is 10.8. The number of rotatable bonds is 7. The first-order chi connectivity index (χ1) is 12.2. The van der Waals surface area contributed by atoms with Crippen LogP contribution < -0.4 is 5.32 Å². The Bertz CT molecular complexity index is 833. The van der Waals surface area contributed by atoms with E-state index in [9.17, 15) is 4.79 Å². The first-order valence-electron chi connectivity index (χ1n) is 8.05. The Balaban J connectivity index is 1.55. The molecule has 0 saturated carbocycles. The second-order valence-electron chi connectivity index (χ2n) is 5.82. The SMILES string of the molecule is O=C(O)Cc1cccc(CNCc2ccc(-c3cncnc3)cc2)c1. The Hall–Kier alpha value is -3.05. The quantitative estimate of drug-likeness (QED) is 0.695. The number of aliphatic carboxylic acids is 1. The summed E-state index contributed by atoms with van der Waals surface area (Å²) in [5.41, 5.74) is 5.17. The van der Waals surface area contributed by atoms with Crippen LogP contribution >= 0.6 is 0 Å². The van der Waals surface area contributed by atoms with E-state index in [1.807, 2.05) is 24.3 Å². The number of hydrogen-bond donors (Lipinski definition) is 2. The van der Waals surface area contributed by atoms with Gasteiger partial charge in [-0.25, -0.2) is 9.97 Å². The molecule has 0 aliphatic heterocycles. The van der Waals surface area contributed by atoms with Crippen LogP contribution in [0.3, 0.4) is 0 Å². The number of aromatic nitrogens is 2. The van der Waals surface area contributed by atoms with Gasteiger partial charge in [-0.2, -0.15) is 0 Å². The molecule has 0 saturated heterocycles. The largest absolute Gasteiger partial charge is 0.481 e. The third kappa shape index (κ3) is 4.96. The third-order valence-corrected chi connectivity index (χ3v) is 3.85. The Kier molecular flexibility index (Phi) is 5.49. The van der Waals surface area contributed by atoms with Gasteiger partial charge in [-0.15, -0.1) is 0 Å². The van der Waals surface area contributed by atoms with Crippen molar-refractivity contribution in [1.82, 2.24) is 15.3 Å². The van der Waals surface area contributed by atoms with Crippen molar-refractivity contribution in [3.05, 3.63) is 83.9 Å². The predicted molar refractivity (Wildman–Crippen MR) is 95.8 cm³/mol. The normalized spacial score (nSPS) is 10.6. The van der Waals surface area contributed by atoms with Gasteiger partial charge in [0.2, 0.25) is 0 Å². The summed E-state index contributed by atoms with van der Waals surface area (Å²) in [6.45, 7) is 1.44. The topological polar surface area (TPSA) is 75.1 Å². The summed E-state index contributed by atoms with van der Waals surface area (Å²) < 4.78 is 0. The van der Waals surface area contributed by atoms with Gasteiger partial charge in [-0.1, -0.05) is 48.5 Å². The molecule has 1 aromatic heterocycles. The van der Waals surface area contributed by atoms with E-state index in [-0.39, 0.29) is 6.42 Å². The van der Waals surface area contributed by atoms with E-state index in [1.54, 1.807) is 12.4 Å². The molecule has 5 nitrogen and oxygen atoms in total. The zero-order chi connectivity index (χ0) is 17.5. The molecule has 0 amide bonds. The van der Waals surface area contributed by atoms with Gasteiger partial charge in [0.25, 0.3) is 0 Å². The van der Waals surface area contributed by atoms with Gasteiger partial charge in [-0.3, -0.25) is 4.79 Å². The van der Waals surface area contributed by atoms with Crippen LogP contribution in [0.5, 0.6) is 0 Å². The molecular formula is C20H19N3O2. The number of nitrogens with zero attached hydrogens (tertiary/aromatic N) is 2. The summed E-state index contributed by atoms with van der Waals surface area (Å²) in [6, 6.07) is 15.9. The van der Waals surface area contributed by atoms with Crippen LogP contribution in [0.25, 0.3) is 11.1 Å². The Morgan fingerprint density at radius 3 is 2.28 bits per heavy atom. The average Bonchev–Trinajstić information content (AvgIpc) is 2.63. The number of benzene rings is 2. The lowest BCUT2D eigenvalue weighted by molar-refractivity contribution is -0.136. The van der Waals surface area contributed by atoms with E-state index in [0.29, 0.717) is 6.54 Å². The minimum absolute atomic E-state index is 0.0541. The highest BCUT2D eigenvalue weighted by molar-refractivity contribution is 5.70. The van der Waals surface area contributed by atoms with E-state index in [4.69, 9.17) is 5.11 Å². The summed E-state index contributed by atoms with van der Waals surface area (Å²) in [6.07, 6.45) is 5.17. The lowest BCUT2D eigenvalue weighted by Crippen LogP contribution is -2.13. The van der Waals surface area contributed by atoms with Gasteiger partial charge >= 0.3 is 5.97 Å². The molecule has 126 valence electrons. The molecule has 5 heteroatoms. The van der Waals surface area contributed by atoms with Crippen LogP contribution in [0.1, 0.15) is 16.7 Å². The molecule has 0 aliphatic carbocycles. The van der Waals surface area contributed by atoms with E-state index >= 15 is 0 Å². The van der Waals surface area contributed by atoms with E-state index < -0.39 is 5.97 Å². The van der Waals surface area contributed by atoms with Gasteiger partial charge in [-0.05, 0) is 22.3 Å². The second kappa shape index (κ2) is 8.17. The highest BCUT2D eigenvalue weighted by Crippen LogP contribution is 2.17. The van der Waals surface area contributed by atoms with Crippen molar-refractivity contribution in [3.63, 3.8) is 0 Å². The van der Waals surface area contributed by atoms with E-state index in [0.717, 1.165) is 28.8 Å². The first-order valence-corrected chi connectivity index (χ1v) is 8.05. The molecule has 2 aromatic carbocycles. The van der Waals surface area contributed by atoms with Crippen molar-refractivity contribution in [2.75, 3.05) is 0 Å². The monoisotopic (exact) mass is 333 g/mol. The van der Waals surface area contributed by atoms with Gasteiger partial charge in [0.05, 0.1) is 6.42 Å². The maximum absolute atomic E-state index is 10.8. The van der Waals surface area contributed by atoms with Crippen LogP contribution in [0.15, 0.2) is 67.3 Å². The minimum Gasteiger partial charge on any atom is -0.481 e. The van der Waals surface area contributed by atoms with Gasteiger partial charge in [0, 0.05) is 31.0 Å². The number of carbonyl (C=O) groups is 1. The number of hydrogen-bond acceptors (Lipinski definition) is 4. The van der Waals surface area contributed by atoms with Crippen LogP contribution in [0, 0.1) is 0 Å². The van der Waals surface area contributed by atoms with Crippen LogP contribution in [0.2, 0.25) is 0 Å². The van der Waals surface area contributed by atoms with Crippen LogP contribution in [-0.4, -0.2) is 21.0 Å². The molecule has 0 atom stereocenters. The second-order valence-corrected chi connectivity index (χ2v) is 5.82. The molecule has 1 heterocycles. The van der Waals surface area contributed by atoms with E-state index in [1.165, 1.54) is 11.9 Å². The van der Waals surface area contributed by atoms with Crippen molar-refractivity contribution < 1.29 is 9.90 Å². The molecule has 0 bridgehead atoms. The first kappa shape index (κ1) is 16.8. The predicted octanol–water partition coefficient (Wildman–Crippen LogP) is 3.06.